The van der Waals surface area contributed by atoms with E-state index in [1.807, 2.05) is 67.5 Å². The van der Waals surface area contributed by atoms with Crippen molar-refractivity contribution in [3.8, 4) is 5.75 Å². The molecule has 0 spiro atoms. The highest BCUT2D eigenvalue weighted by atomic mass is 79.9. The number of carbonyl (C=O) groups is 1. The van der Waals surface area contributed by atoms with Crippen molar-refractivity contribution in [3.05, 3.63) is 63.6 Å². The van der Waals surface area contributed by atoms with Gasteiger partial charge in [0.2, 0.25) is 0 Å². The minimum atomic E-state index is -0.172. The summed E-state index contributed by atoms with van der Waals surface area (Å²) in [5.41, 5.74) is 2.94. The number of para-hydroxylation sites is 2. The number of nitrogens with zero attached hydrogens (tertiary/aromatic N) is 2. The molecule has 0 saturated heterocycles. The van der Waals surface area contributed by atoms with Crippen molar-refractivity contribution in [2.75, 3.05) is 31.4 Å². The smallest absolute Gasteiger partial charge is 0.264 e. The summed E-state index contributed by atoms with van der Waals surface area (Å²) in [6.07, 6.45) is 0. The van der Waals surface area contributed by atoms with Crippen molar-refractivity contribution in [2.45, 2.75) is 6.54 Å². The first-order valence-corrected chi connectivity index (χ1v) is 10.2. The number of carbonyl (C=O) groups excluding carboxylic acids is 1. The van der Waals surface area contributed by atoms with Crippen LogP contribution in [0, 0.1) is 0 Å². The van der Waals surface area contributed by atoms with Gasteiger partial charge in [-0.1, -0.05) is 35.6 Å². The number of hydrogen-bond acceptors (Lipinski definition) is 6. The molecule has 0 atom stereocenters. The zero-order valence-corrected chi connectivity index (χ0v) is 18.2. The summed E-state index contributed by atoms with van der Waals surface area (Å²) in [4.78, 5) is 19.5. The van der Waals surface area contributed by atoms with Crippen LogP contribution in [0.1, 0.15) is 15.2 Å². The van der Waals surface area contributed by atoms with Crippen LogP contribution in [0.25, 0.3) is 0 Å². The first kappa shape index (κ1) is 20.2. The van der Waals surface area contributed by atoms with Gasteiger partial charge in [0.25, 0.3) is 5.91 Å². The van der Waals surface area contributed by atoms with Crippen LogP contribution >= 0.6 is 27.3 Å². The first-order valence-electron chi connectivity index (χ1n) is 8.58. The molecule has 0 aliphatic heterocycles. The molecule has 3 aromatic rings. The number of aromatic nitrogens is 1. The molecule has 1 amide bonds. The second kappa shape index (κ2) is 9.07. The van der Waals surface area contributed by atoms with E-state index in [9.17, 15) is 4.79 Å². The third kappa shape index (κ3) is 4.82. The second-order valence-electron chi connectivity index (χ2n) is 6.21. The van der Waals surface area contributed by atoms with Gasteiger partial charge in [-0.15, -0.1) is 0 Å². The van der Waals surface area contributed by atoms with E-state index in [0.29, 0.717) is 26.9 Å². The number of anilines is 3. The third-order valence-electron chi connectivity index (χ3n) is 4.05. The predicted molar refractivity (Wildman–Crippen MR) is 118 cm³/mol. The lowest BCUT2D eigenvalue weighted by atomic mass is 10.2. The van der Waals surface area contributed by atoms with Crippen molar-refractivity contribution in [3.63, 3.8) is 0 Å². The number of nitrogens with one attached hydrogen (secondary N) is 2. The van der Waals surface area contributed by atoms with Gasteiger partial charge in [0, 0.05) is 26.3 Å². The zero-order chi connectivity index (χ0) is 20.1. The number of rotatable bonds is 7. The van der Waals surface area contributed by atoms with Crippen LogP contribution in [-0.4, -0.2) is 32.1 Å². The number of halogens is 1. The summed E-state index contributed by atoms with van der Waals surface area (Å²) < 4.78 is 5.84. The summed E-state index contributed by atoms with van der Waals surface area (Å²) in [5, 5.41) is 6.75. The van der Waals surface area contributed by atoms with Gasteiger partial charge < -0.3 is 20.3 Å². The lowest BCUT2D eigenvalue weighted by Gasteiger charge is -2.12. The van der Waals surface area contributed by atoms with Crippen LogP contribution in [0.5, 0.6) is 5.75 Å². The van der Waals surface area contributed by atoms with Crippen LogP contribution in [-0.2, 0) is 6.54 Å². The van der Waals surface area contributed by atoms with Crippen molar-refractivity contribution < 1.29 is 9.53 Å². The predicted octanol–water partition coefficient (Wildman–Crippen LogP) is 4.65. The highest BCUT2D eigenvalue weighted by molar-refractivity contribution is 9.10. The van der Waals surface area contributed by atoms with E-state index in [1.165, 1.54) is 11.3 Å². The molecule has 0 aliphatic carbocycles. The van der Waals surface area contributed by atoms with E-state index >= 15 is 0 Å². The van der Waals surface area contributed by atoms with Gasteiger partial charge in [-0.25, -0.2) is 4.98 Å². The van der Waals surface area contributed by atoms with E-state index in [1.54, 1.807) is 7.11 Å². The summed E-state index contributed by atoms with van der Waals surface area (Å²) in [6, 6.07) is 15.6. The number of thiazole rings is 1. The van der Waals surface area contributed by atoms with Crippen LogP contribution in [0.15, 0.2) is 53.1 Å². The fourth-order valence-corrected chi connectivity index (χ4v) is 4.04. The lowest BCUT2D eigenvalue weighted by molar-refractivity contribution is 0.0954. The Morgan fingerprint density at radius 1 is 1.18 bits per heavy atom. The van der Waals surface area contributed by atoms with Gasteiger partial charge in [-0.2, -0.15) is 0 Å². The molecule has 146 valence electrons. The summed E-state index contributed by atoms with van der Waals surface area (Å²) in [5.74, 6) is 0.537. The molecule has 0 saturated carbocycles. The average Bonchev–Trinajstić information content (AvgIpc) is 3.07. The zero-order valence-electron chi connectivity index (χ0n) is 15.8. The molecule has 8 heteroatoms. The lowest BCUT2D eigenvalue weighted by Crippen LogP contribution is -2.22. The van der Waals surface area contributed by atoms with E-state index in [4.69, 9.17) is 4.74 Å². The highest BCUT2D eigenvalue weighted by Crippen LogP contribution is 2.32. The molecule has 1 aromatic heterocycles. The Kier molecular flexibility index (Phi) is 6.53. The third-order valence-corrected chi connectivity index (χ3v) is 5.85. The maximum atomic E-state index is 12.6. The molecule has 0 aliphatic rings. The maximum Gasteiger partial charge on any atom is 0.264 e. The van der Waals surface area contributed by atoms with Crippen molar-refractivity contribution in [2.24, 2.45) is 0 Å². The molecule has 2 aromatic carbocycles. The normalized spacial score (nSPS) is 10.4. The van der Waals surface area contributed by atoms with Gasteiger partial charge in [0.15, 0.2) is 5.13 Å². The van der Waals surface area contributed by atoms with Crippen LogP contribution < -0.4 is 20.3 Å². The quantitative estimate of drug-likeness (QED) is 0.536. The van der Waals surface area contributed by atoms with Crippen molar-refractivity contribution in [1.29, 1.82) is 0 Å². The number of ether oxygens (including phenoxy) is 1. The molecular formula is C20H21BrN4O2S. The second-order valence-corrected chi connectivity index (χ2v) is 7.96. The van der Waals surface area contributed by atoms with Crippen molar-refractivity contribution in [1.82, 2.24) is 10.3 Å². The van der Waals surface area contributed by atoms with E-state index in [2.05, 4.69) is 31.5 Å². The Morgan fingerprint density at radius 3 is 2.57 bits per heavy atom. The molecule has 0 radical (unpaired) electrons. The summed E-state index contributed by atoms with van der Waals surface area (Å²) >= 11 is 4.66. The maximum absolute atomic E-state index is 12.6. The summed E-state index contributed by atoms with van der Waals surface area (Å²) in [6.45, 7) is 0.451. The minimum Gasteiger partial charge on any atom is -0.495 e. The molecule has 6 nitrogen and oxygen atoms in total. The standard InChI is InChI=1S/C20H21BrN4O2S/c1-25(2)14-10-8-13(9-11-14)12-22-19(26)17-18(21)24-20(28-17)23-15-6-4-5-7-16(15)27-3/h4-11H,12H2,1-3H3,(H,22,26)(H,23,24). The van der Waals surface area contributed by atoms with Crippen LogP contribution in [0.4, 0.5) is 16.5 Å². The largest absolute Gasteiger partial charge is 0.495 e. The van der Waals surface area contributed by atoms with Gasteiger partial charge in [-0.05, 0) is 45.8 Å². The Hall–Kier alpha value is -2.58. The highest BCUT2D eigenvalue weighted by Gasteiger charge is 2.17. The summed E-state index contributed by atoms with van der Waals surface area (Å²) in [7, 11) is 5.60. The molecule has 0 bridgehead atoms. The molecule has 28 heavy (non-hydrogen) atoms. The number of methoxy groups -OCH3 is 1. The Balaban J connectivity index is 1.66. The van der Waals surface area contributed by atoms with E-state index in [0.717, 1.165) is 16.9 Å². The fourth-order valence-electron chi connectivity index (χ4n) is 2.53. The van der Waals surface area contributed by atoms with Gasteiger partial charge in [0.05, 0.1) is 12.8 Å². The van der Waals surface area contributed by atoms with Gasteiger partial charge in [-0.3, -0.25) is 4.79 Å². The monoisotopic (exact) mass is 460 g/mol. The average molecular weight is 461 g/mol. The van der Waals surface area contributed by atoms with Gasteiger partial charge in [0.1, 0.15) is 15.2 Å². The Morgan fingerprint density at radius 2 is 1.89 bits per heavy atom. The topological polar surface area (TPSA) is 66.5 Å². The molecular weight excluding hydrogens is 440 g/mol. The van der Waals surface area contributed by atoms with Gasteiger partial charge >= 0.3 is 0 Å². The van der Waals surface area contributed by atoms with Crippen LogP contribution in [0.3, 0.4) is 0 Å². The SMILES string of the molecule is COc1ccccc1Nc1nc(Br)c(C(=O)NCc2ccc(N(C)C)cc2)s1. The van der Waals surface area contributed by atoms with Crippen LogP contribution in [0.2, 0.25) is 0 Å². The Labute approximate surface area is 176 Å². The molecule has 1 heterocycles. The molecule has 0 fully saturated rings. The van der Waals surface area contributed by atoms with E-state index in [-0.39, 0.29) is 5.91 Å². The minimum absolute atomic E-state index is 0.172. The van der Waals surface area contributed by atoms with Crippen molar-refractivity contribution >= 4 is 49.7 Å². The number of benzene rings is 2. The van der Waals surface area contributed by atoms with E-state index < -0.39 is 0 Å². The first-order chi connectivity index (χ1) is 13.5. The fraction of sp³-hybridized carbons (Fsp3) is 0.200. The number of hydrogen-bond donors (Lipinski definition) is 2. The molecule has 2 N–H and O–H groups in total. The molecule has 3 rings (SSSR count). The Bertz CT molecular complexity index is 957. The number of amides is 1. The molecule has 0 unspecified atom stereocenters.